The second-order valence-electron chi connectivity index (χ2n) is 6.06. The molecule has 0 bridgehead atoms. The van der Waals surface area contributed by atoms with Gasteiger partial charge in [-0.2, -0.15) is 13.2 Å². The Morgan fingerprint density at radius 3 is 2.31 bits per heavy atom. The molecule has 0 aliphatic carbocycles. The van der Waals surface area contributed by atoms with Gasteiger partial charge in [-0.15, -0.1) is 0 Å². The van der Waals surface area contributed by atoms with Gasteiger partial charge in [0.2, 0.25) is 0 Å². The number of aliphatic hydroxyl groups is 1. The van der Waals surface area contributed by atoms with Gasteiger partial charge in [-0.25, -0.2) is 0 Å². The smallest absolute Gasteiger partial charge is 0.387 e. The molecule has 29 heavy (non-hydrogen) atoms. The highest BCUT2D eigenvalue weighted by molar-refractivity contribution is 6.39. The molecule has 0 saturated heterocycles. The van der Waals surface area contributed by atoms with Crippen LogP contribution in [0.3, 0.4) is 0 Å². The number of non-ortho nitro benzene ring substituents is 1. The summed E-state index contributed by atoms with van der Waals surface area (Å²) in [6, 6.07) is 7.44. The van der Waals surface area contributed by atoms with Crippen LogP contribution in [0.15, 0.2) is 42.5 Å². The number of benzene rings is 2. The number of aliphatic hydroxyl groups excluding tert-OH is 1. The molecule has 0 radical (unpaired) electrons. The number of alkyl halides is 3. The van der Waals surface area contributed by atoms with E-state index >= 15 is 0 Å². The molecule has 2 rings (SSSR count). The number of hydrogen-bond donors (Lipinski definition) is 3. The van der Waals surface area contributed by atoms with Gasteiger partial charge in [0.1, 0.15) is 0 Å². The topological polar surface area (TPSA) is 122 Å². The molecule has 2 aromatic rings. The molecule has 0 saturated carbocycles. The number of nitro benzene ring substituents is 1. The number of halogens is 3. The maximum atomic E-state index is 12.5. The summed E-state index contributed by atoms with van der Waals surface area (Å²) in [5.41, 5.74) is -0.481. The van der Waals surface area contributed by atoms with E-state index in [0.29, 0.717) is 5.56 Å². The number of aryl methyl sites for hydroxylation is 1. The fourth-order valence-electron chi connectivity index (χ4n) is 2.32. The van der Waals surface area contributed by atoms with E-state index in [4.69, 9.17) is 0 Å². The Kier molecular flexibility index (Phi) is 6.54. The van der Waals surface area contributed by atoms with Crippen molar-refractivity contribution in [2.75, 3.05) is 11.9 Å². The van der Waals surface area contributed by atoms with Crippen molar-refractivity contribution in [2.24, 2.45) is 0 Å². The highest BCUT2D eigenvalue weighted by Gasteiger charge is 2.30. The largest absolute Gasteiger partial charge is 0.416 e. The number of anilines is 1. The third kappa shape index (κ3) is 5.75. The van der Waals surface area contributed by atoms with E-state index < -0.39 is 41.1 Å². The zero-order chi connectivity index (χ0) is 21.8. The lowest BCUT2D eigenvalue weighted by molar-refractivity contribution is -0.384. The van der Waals surface area contributed by atoms with Crippen LogP contribution in [-0.4, -0.2) is 28.4 Å². The van der Waals surface area contributed by atoms with E-state index in [-0.39, 0.29) is 16.9 Å². The Morgan fingerprint density at radius 2 is 1.76 bits per heavy atom. The number of carbonyl (C=O) groups is 2. The lowest BCUT2D eigenvalue weighted by Gasteiger charge is -2.14. The van der Waals surface area contributed by atoms with Crippen molar-refractivity contribution in [1.29, 1.82) is 0 Å². The van der Waals surface area contributed by atoms with Gasteiger partial charge < -0.3 is 15.7 Å². The summed E-state index contributed by atoms with van der Waals surface area (Å²) in [6.07, 6.45) is -5.85. The van der Waals surface area contributed by atoms with Crippen LogP contribution in [0.2, 0.25) is 0 Å². The predicted molar refractivity (Wildman–Crippen MR) is 95.9 cm³/mol. The Bertz CT molecular complexity index is 929. The van der Waals surface area contributed by atoms with Crippen LogP contribution in [0.5, 0.6) is 0 Å². The summed E-state index contributed by atoms with van der Waals surface area (Å²) in [7, 11) is 0. The van der Waals surface area contributed by atoms with Gasteiger partial charge in [-0.05, 0) is 30.2 Å². The molecule has 1 atom stereocenters. The third-order valence-corrected chi connectivity index (χ3v) is 3.97. The number of nitrogens with one attached hydrogen (secondary N) is 2. The van der Waals surface area contributed by atoms with Gasteiger partial charge in [0.25, 0.3) is 5.69 Å². The van der Waals surface area contributed by atoms with Crippen molar-refractivity contribution in [3.05, 3.63) is 69.3 Å². The summed E-state index contributed by atoms with van der Waals surface area (Å²) in [5.74, 6) is -2.24. The monoisotopic (exact) mass is 411 g/mol. The van der Waals surface area contributed by atoms with Crippen LogP contribution in [0, 0.1) is 17.0 Å². The van der Waals surface area contributed by atoms with E-state index in [0.717, 1.165) is 30.3 Å². The molecule has 3 N–H and O–H groups in total. The lowest BCUT2D eigenvalue weighted by atomic mass is 10.1. The van der Waals surface area contributed by atoms with Crippen molar-refractivity contribution in [3.8, 4) is 0 Å². The molecule has 0 aromatic heterocycles. The van der Waals surface area contributed by atoms with Gasteiger partial charge in [0.05, 0.1) is 22.3 Å². The van der Waals surface area contributed by atoms with E-state index in [9.17, 15) is 38.0 Å². The second-order valence-corrected chi connectivity index (χ2v) is 6.06. The number of rotatable bonds is 5. The Labute approximate surface area is 162 Å². The summed E-state index contributed by atoms with van der Waals surface area (Å²) < 4.78 is 37.6. The molecule has 154 valence electrons. The van der Waals surface area contributed by atoms with Crippen LogP contribution in [0.4, 0.5) is 24.5 Å². The van der Waals surface area contributed by atoms with Crippen LogP contribution >= 0.6 is 0 Å². The Balaban J connectivity index is 1.95. The molecular weight excluding hydrogens is 395 g/mol. The zero-order valence-electron chi connectivity index (χ0n) is 15.0. The number of nitro groups is 1. The Morgan fingerprint density at radius 1 is 1.14 bits per heavy atom. The zero-order valence-corrected chi connectivity index (χ0v) is 15.0. The summed E-state index contributed by atoms with van der Waals surface area (Å²) >= 11 is 0. The molecule has 2 aromatic carbocycles. The van der Waals surface area contributed by atoms with Crippen LogP contribution in [0.25, 0.3) is 0 Å². The molecule has 1 unspecified atom stereocenters. The maximum absolute atomic E-state index is 12.5. The number of nitrogens with zero attached hydrogens (tertiary/aromatic N) is 1. The second kappa shape index (κ2) is 8.69. The highest BCUT2D eigenvalue weighted by Crippen LogP contribution is 2.29. The molecule has 8 nitrogen and oxygen atoms in total. The first-order valence-electron chi connectivity index (χ1n) is 8.18. The van der Waals surface area contributed by atoms with Crippen molar-refractivity contribution in [3.63, 3.8) is 0 Å². The normalized spacial score (nSPS) is 12.2. The van der Waals surface area contributed by atoms with Crippen LogP contribution in [-0.2, 0) is 15.8 Å². The minimum atomic E-state index is -4.51. The molecule has 2 amide bonds. The van der Waals surface area contributed by atoms with Gasteiger partial charge in [0, 0.05) is 18.7 Å². The van der Waals surface area contributed by atoms with Crippen molar-refractivity contribution >= 4 is 23.2 Å². The van der Waals surface area contributed by atoms with Gasteiger partial charge in [-0.3, -0.25) is 19.7 Å². The Hall–Kier alpha value is -3.47. The average molecular weight is 411 g/mol. The van der Waals surface area contributed by atoms with E-state index in [1.54, 1.807) is 6.92 Å². The molecule has 0 aliphatic rings. The molecule has 0 aliphatic heterocycles. The summed E-state index contributed by atoms with van der Waals surface area (Å²) in [5, 5.41) is 25.1. The maximum Gasteiger partial charge on any atom is 0.416 e. The predicted octanol–water partition coefficient (Wildman–Crippen LogP) is 2.71. The van der Waals surface area contributed by atoms with Crippen molar-refractivity contribution in [1.82, 2.24) is 5.32 Å². The average Bonchev–Trinajstić information content (AvgIpc) is 2.66. The quantitative estimate of drug-likeness (QED) is 0.397. The fraction of sp³-hybridized carbons (Fsp3) is 0.222. The minimum Gasteiger partial charge on any atom is -0.387 e. The molecule has 0 heterocycles. The molecule has 0 fully saturated rings. The summed E-state index contributed by atoms with van der Waals surface area (Å²) in [6.45, 7) is 1.15. The SMILES string of the molecule is Cc1ccc([N+](=O)[O-])cc1NC(=O)C(=O)NCC(O)c1ccc(C(F)(F)F)cc1. The van der Waals surface area contributed by atoms with E-state index in [1.807, 2.05) is 0 Å². The van der Waals surface area contributed by atoms with Crippen molar-refractivity contribution < 1.29 is 32.8 Å². The first-order chi connectivity index (χ1) is 13.5. The van der Waals surface area contributed by atoms with Crippen molar-refractivity contribution in [2.45, 2.75) is 19.2 Å². The standard InChI is InChI=1S/C18H16F3N3O5/c1-10-2-7-13(24(28)29)8-14(10)23-17(27)16(26)22-9-15(25)11-3-5-12(6-4-11)18(19,20)21/h2-8,15,25H,9H2,1H3,(H,22,26)(H,23,27). The fourth-order valence-corrected chi connectivity index (χ4v) is 2.32. The number of carbonyl (C=O) groups excluding carboxylic acids is 2. The number of hydrogen-bond acceptors (Lipinski definition) is 5. The van der Waals surface area contributed by atoms with Gasteiger partial charge in [-0.1, -0.05) is 18.2 Å². The first kappa shape index (κ1) is 21.8. The van der Waals surface area contributed by atoms with Gasteiger partial charge >= 0.3 is 18.0 Å². The lowest BCUT2D eigenvalue weighted by Crippen LogP contribution is -2.37. The van der Waals surface area contributed by atoms with E-state index in [2.05, 4.69) is 10.6 Å². The first-order valence-corrected chi connectivity index (χ1v) is 8.18. The highest BCUT2D eigenvalue weighted by atomic mass is 19.4. The number of amides is 2. The third-order valence-electron chi connectivity index (χ3n) is 3.97. The van der Waals surface area contributed by atoms with Crippen LogP contribution in [0.1, 0.15) is 22.8 Å². The van der Waals surface area contributed by atoms with Gasteiger partial charge in [0.15, 0.2) is 0 Å². The van der Waals surface area contributed by atoms with E-state index in [1.165, 1.54) is 12.1 Å². The minimum absolute atomic E-state index is 0.0719. The molecular formula is C18H16F3N3O5. The molecule has 0 spiro atoms. The molecule has 11 heteroatoms. The van der Waals surface area contributed by atoms with Crippen LogP contribution < -0.4 is 10.6 Å². The summed E-state index contributed by atoms with van der Waals surface area (Å²) in [4.78, 5) is 34.0.